The molecule has 1 amide bonds. The van der Waals surface area contributed by atoms with Gasteiger partial charge in [0, 0.05) is 36.8 Å². The highest BCUT2D eigenvalue weighted by Gasteiger charge is 2.37. The summed E-state index contributed by atoms with van der Waals surface area (Å²) in [5.74, 6) is 0.833. The molecule has 1 aliphatic rings. The monoisotopic (exact) mass is 462 g/mol. The number of aryl methyl sites for hydroxylation is 1. The Labute approximate surface area is 189 Å². The van der Waals surface area contributed by atoms with E-state index >= 15 is 0 Å². The van der Waals surface area contributed by atoms with E-state index in [1.54, 1.807) is 42.3 Å². The Kier molecular flexibility index (Phi) is 6.18. The minimum absolute atomic E-state index is 0.148. The molecule has 1 saturated heterocycles. The van der Waals surface area contributed by atoms with Crippen molar-refractivity contribution in [1.29, 1.82) is 0 Å². The highest BCUT2D eigenvalue weighted by Crippen LogP contribution is 2.32. The molecule has 0 unspecified atom stereocenters. The van der Waals surface area contributed by atoms with Crippen molar-refractivity contribution in [2.24, 2.45) is 0 Å². The summed E-state index contributed by atoms with van der Waals surface area (Å²) in [4.78, 5) is 19.0. The highest BCUT2D eigenvalue weighted by atomic mass is 19.4. The van der Waals surface area contributed by atoms with Crippen LogP contribution in [0.4, 0.5) is 13.2 Å². The minimum Gasteiger partial charge on any atom is -0.497 e. The zero-order valence-corrected chi connectivity index (χ0v) is 18.6. The summed E-state index contributed by atoms with van der Waals surface area (Å²) in [6, 6.07) is 9.60. The van der Waals surface area contributed by atoms with Gasteiger partial charge in [-0.1, -0.05) is 13.0 Å². The normalized spacial score (nSPS) is 17.4. The van der Waals surface area contributed by atoms with E-state index in [9.17, 15) is 18.0 Å². The van der Waals surface area contributed by atoms with Gasteiger partial charge in [-0.15, -0.1) is 0 Å². The van der Waals surface area contributed by atoms with Crippen LogP contribution in [0.15, 0.2) is 36.4 Å². The molecule has 3 heterocycles. The van der Waals surface area contributed by atoms with Gasteiger partial charge in [0.15, 0.2) is 11.8 Å². The number of halogens is 3. The van der Waals surface area contributed by atoms with Crippen LogP contribution >= 0.6 is 0 Å². The van der Waals surface area contributed by atoms with Crippen molar-refractivity contribution in [2.75, 3.05) is 20.2 Å². The molecule has 3 aromatic rings. The third-order valence-electron chi connectivity index (χ3n) is 5.75. The third-order valence-corrected chi connectivity index (χ3v) is 5.75. The zero-order valence-electron chi connectivity index (χ0n) is 18.6. The minimum atomic E-state index is -4.54. The van der Waals surface area contributed by atoms with Gasteiger partial charge in [-0.2, -0.15) is 18.3 Å². The Morgan fingerprint density at radius 2 is 2.00 bits per heavy atom. The van der Waals surface area contributed by atoms with Crippen LogP contribution in [0.25, 0.3) is 5.65 Å². The van der Waals surface area contributed by atoms with Crippen LogP contribution in [-0.2, 0) is 11.0 Å². The number of carbonyl (C=O) groups excluding carboxylic acids is 1. The van der Waals surface area contributed by atoms with Gasteiger partial charge in [0.2, 0.25) is 0 Å². The summed E-state index contributed by atoms with van der Waals surface area (Å²) in [6.45, 7) is 4.23. The molecule has 0 saturated carbocycles. The Morgan fingerprint density at radius 3 is 2.70 bits per heavy atom. The van der Waals surface area contributed by atoms with E-state index in [1.165, 1.54) is 6.92 Å². The number of aromatic nitrogens is 3. The molecule has 10 heteroatoms. The van der Waals surface area contributed by atoms with E-state index in [4.69, 9.17) is 9.47 Å². The molecule has 0 radical (unpaired) electrons. The average Bonchev–Trinajstić information content (AvgIpc) is 3.43. The van der Waals surface area contributed by atoms with E-state index < -0.39 is 18.0 Å². The van der Waals surface area contributed by atoms with Crippen molar-refractivity contribution < 1.29 is 27.4 Å². The van der Waals surface area contributed by atoms with Crippen molar-refractivity contribution in [3.05, 3.63) is 53.5 Å². The number of nitrogens with zero attached hydrogens (tertiary/aromatic N) is 4. The molecule has 0 bridgehead atoms. The lowest BCUT2D eigenvalue weighted by molar-refractivity contribution is -0.142. The number of carbonyl (C=O) groups is 1. The van der Waals surface area contributed by atoms with Crippen LogP contribution in [0.2, 0.25) is 0 Å². The summed E-state index contributed by atoms with van der Waals surface area (Å²) in [7, 11) is 1.56. The van der Waals surface area contributed by atoms with Gasteiger partial charge in [-0.25, -0.2) is 9.50 Å². The van der Waals surface area contributed by atoms with Crippen LogP contribution < -0.4 is 9.47 Å². The van der Waals surface area contributed by atoms with Gasteiger partial charge in [0.1, 0.15) is 17.2 Å². The fourth-order valence-corrected chi connectivity index (χ4v) is 4.07. The van der Waals surface area contributed by atoms with Gasteiger partial charge in [-0.05, 0) is 38.0 Å². The number of methoxy groups -OCH3 is 1. The largest absolute Gasteiger partial charge is 0.497 e. The number of likely N-dealkylation sites (tertiary alicyclic amines) is 1. The molecule has 0 aliphatic carbocycles. The first-order valence-electron chi connectivity index (χ1n) is 10.7. The summed E-state index contributed by atoms with van der Waals surface area (Å²) < 4.78 is 52.3. The lowest BCUT2D eigenvalue weighted by atomic mass is 10.1. The maximum atomic E-state index is 13.4. The number of rotatable bonds is 6. The number of hydrogen-bond donors (Lipinski definition) is 0. The number of amides is 1. The van der Waals surface area contributed by atoms with Crippen LogP contribution in [-0.4, -0.2) is 51.7 Å². The number of hydrogen-bond acceptors (Lipinski definition) is 5. The molecule has 1 aromatic carbocycles. The zero-order chi connectivity index (χ0) is 23.8. The molecule has 33 heavy (non-hydrogen) atoms. The molecule has 0 N–H and O–H groups in total. The molecule has 2 atom stereocenters. The van der Waals surface area contributed by atoms with Crippen LogP contribution in [0.1, 0.15) is 42.8 Å². The maximum absolute atomic E-state index is 13.4. The van der Waals surface area contributed by atoms with E-state index in [0.717, 1.165) is 10.6 Å². The molecule has 7 nitrogen and oxygen atoms in total. The van der Waals surface area contributed by atoms with Gasteiger partial charge in [-0.3, -0.25) is 4.79 Å². The first-order valence-corrected chi connectivity index (χ1v) is 10.7. The Bertz CT molecular complexity index is 1160. The van der Waals surface area contributed by atoms with E-state index in [1.807, 2.05) is 6.92 Å². The Hall–Kier alpha value is -3.30. The first-order chi connectivity index (χ1) is 15.7. The molecular formula is C23H25F3N4O3. The quantitative estimate of drug-likeness (QED) is 0.548. The second kappa shape index (κ2) is 8.92. The molecule has 4 rings (SSSR count). The standard InChI is InChI=1S/C23H25F3N4O3/c1-4-19(33-17-7-5-6-16(11-17)32-3)22(31)29-9-8-15(13-29)18-12-21-27-14(2)10-20(23(24,25)26)30(21)28-18/h5-7,10-12,15,19H,4,8-9,13H2,1-3H3/t15-,19+/m1/s1. The smallest absolute Gasteiger partial charge is 0.433 e. The van der Waals surface area contributed by atoms with E-state index in [2.05, 4.69) is 10.1 Å². The molecule has 2 aromatic heterocycles. The number of ether oxygens (including phenoxy) is 2. The highest BCUT2D eigenvalue weighted by molar-refractivity contribution is 5.81. The molecule has 1 aliphatic heterocycles. The molecule has 176 valence electrons. The predicted molar refractivity (Wildman–Crippen MR) is 114 cm³/mol. The van der Waals surface area contributed by atoms with E-state index in [0.29, 0.717) is 43.1 Å². The average molecular weight is 462 g/mol. The lowest BCUT2D eigenvalue weighted by Gasteiger charge is -2.23. The molecule has 1 fully saturated rings. The van der Waals surface area contributed by atoms with Crippen molar-refractivity contribution in [2.45, 2.75) is 44.9 Å². The van der Waals surface area contributed by atoms with Crippen LogP contribution in [0.3, 0.4) is 0 Å². The van der Waals surface area contributed by atoms with Crippen molar-refractivity contribution in [3.8, 4) is 11.5 Å². The van der Waals surface area contributed by atoms with Crippen LogP contribution in [0.5, 0.6) is 11.5 Å². The summed E-state index contributed by atoms with van der Waals surface area (Å²) in [5, 5.41) is 4.20. The van der Waals surface area contributed by atoms with Gasteiger partial charge < -0.3 is 14.4 Å². The topological polar surface area (TPSA) is 69.0 Å². The Balaban J connectivity index is 1.50. The van der Waals surface area contributed by atoms with Crippen molar-refractivity contribution in [1.82, 2.24) is 19.5 Å². The second-order valence-electron chi connectivity index (χ2n) is 8.08. The summed E-state index contributed by atoms with van der Waals surface area (Å²) in [6.07, 6.45) is -4.13. The Morgan fingerprint density at radius 1 is 1.24 bits per heavy atom. The lowest BCUT2D eigenvalue weighted by Crippen LogP contribution is -2.40. The number of alkyl halides is 3. The van der Waals surface area contributed by atoms with Crippen molar-refractivity contribution in [3.63, 3.8) is 0 Å². The van der Waals surface area contributed by atoms with Gasteiger partial charge in [0.05, 0.1) is 12.8 Å². The third kappa shape index (κ3) is 4.74. The second-order valence-corrected chi connectivity index (χ2v) is 8.08. The predicted octanol–water partition coefficient (Wildman–Crippen LogP) is 4.24. The molecular weight excluding hydrogens is 437 g/mol. The van der Waals surface area contributed by atoms with Gasteiger partial charge >= 0.3 is 6.18 Å². The fourth-order valence-electron chi connectivity index (χ4n) is 4.07. The first kappa shape index (κ1) is 22.9. The van der Waals surface area contributed by atoms with Crippen molar-refractivity contribution >= 4 is 11.6 Å². The fraction of sp³-hybridized carbons (Fsp3) is 0.435. The van der Waals surface area contributed by atoms with Gasteiger partial charge in [0.25, 0.3) is 5.91 Å². The summed E-state index contributed by atoms with van der Waals surface area (Å²) >= 11 is 0. The SMILES string of the molecule is CC[C@H](Oc1cccc(OC)c1)C(=O)N1CC[C@@H](c2cc3nc(C)cc(C(F)(F)F)n3n2)C1. The van der Waals surface area contributed by atoms with Crippen LogP contribution in [0, 0.1) is 6.92 Å². The number of benzene rings is 1. The molecule has 0 spiro atoms. The summed E-state index contributed by atoms with van der Waals surface area (Å²) in [5.41, 5.74) is 0.0513. The number of fused-ring (bicyclic) bond motifs is 1. The maximum Gasteiger partial charge on any atom is 0.433 e. The van der Waals surface area contributed by atoms with E-state index in [-0.39, 0.29) is 23.2 Å².